The molecule has 6 nitrogen and oxygen atoms in total. The van der Waals surface area contributed by atoms with Crippen molar-refractivity contribution in [2.24, 2.45) is 7.05 Å². The van der Waals surface area contributed by atoms with Gasteiger partial charge >= 0.3 is 12.1 Å². The van der Waals surface area contributed by atoms with E-state index in [1.165, 1.54) is 19.2 Å². The van der Waals surface area contributed by atoms with Crippen molar-refractivity contribution < 1.29 is 27.8 Å². The lowest BCUT2D eigenvalue weighted by Gasteiger charge is -2.06. The van der Waals surface area contributed by atoms with Crippen molar-refractivity contribution in [1.29, 1.82) is 0 Å². The van der Waals surface area contributed by atoms with Crippen LogP contribution in [0.15, 0.2) is 18.2 Å². The molecule has 0 amide bonds. The number of aromatic carboxylic acids is 1. The van der Waals surface area contributed by atoms with Gasteiger partial charge < -0.3 is 9.84 Å². The van der Waals surface area contributed by atoms with Crippen LogP contribution in [0, 0.1) is 6.92 Å². The van der Waals surface area contributed by atoms with E-state index in [-0.39, 0.29) is 17.5 Å². The van der Waals surface area contributed by atoms with Crippen LogP contribution in [-0.4, -0.2) is 25.8 Å². The Morgan fingerprint density at radius 1 is 1.33 bits per heavy atom. The van der Waals surface area contributed by atoms with E-state index in [0.29, 0.717) is 11.6 Å². The Bertz CT molecular complexity index is 695. The van der Waals surface area contributed by atoms with E-state index in [2.05, 4.69) is 10.1 Å². The fourth-order valence-electron chi connectivity index (χ4n) is 1.59. The Kier molecular flexibility index (Phi) is 3.58. The van der Waals surface area contributed by atoms with E-state index < -0.39 is 17.8 Å². The molecule has 112 valence electrons. The molecule has 0 unspecified atom stereocenters. The number of alkyl halides is 3. The van der Waals surface area contributed by atoms with Gasteiger partial charge in [0.25, 0.3) is 0 Å². The quantitative estimate of drug-likeness (QED) is 0.943. The third kappa shape index (κ3) is 3.30. The van der Waals surface area contributed by atoms with E-state index in [0.717, 1.165) is 4.68 Å². The number of pyridine rings is 1. The number of aryl methyl sites for hydroxylation is 2. The van der Waals surface area contributed by atoms with Gasteiger partial charge in [0.1, 0.15) is 0 Å². The van der Waals surface area contributed by atoms with Crippen LogP contribution in [0.4, 0.5) is 13.2 Å². The Labute approximate surface area is 116 Å². The summed E-state index contributed by atoms with van der Waals surface area (Å²) in [7, 11) is 1.28. The summed E-state index contributed by atoms with van der Waals surface area (Å²) >= 11 is 0. The van der Waals surface area contributed by atoms with Crippen molar-refractivity contribution in [1.82, 2.24) is 14.8 Å². The molecule has 0 aromatic carbocycles. The maximum atomic E-state index is 12.5. The van der Waals surface area contributed by atoms with Crippen molar-refractivity contribution in [3.05, 3.63) is 35.2 Å². The van der Waals surface area contributed by atoms with Gasteiger partial charge in [0, 0.05) is 19.2 Å². The largest absolute Gasteiger partial charge is 0.477 e. The summed E-state index contributed by atoms with van der Waals surface area (Å²) < 4.78 is 43.7. The van der Waals surface area contributed by atoms with Crippen LogP contribution in [-0.2, 0) is 13.2 Å². The minimum atomic E-state index is -4.59. The number of hydrogen-bond acceptors (Lipinski definition) is 4. The molecule has 0 atom stereocenters. The maximum absolute atomic E-state index is 12.5. The lowest BCUT2D eigenvalue weighted by molar-refractivity contribution is -0.141. The van der Waals surface area contributed by atoms with Crippen LogP contribution in [0.25, 0.3) is 0 Å². The Morgan fingerprint density at radius 3 is 2.52 bits per heavy atom. The highest BCUT2D eigenvalue weighted by atomic mass is 19.4. The zero-order valence-electron chi connectivity index (χ0n) is 11.0. The monoisotopic (exact) mass is 301 g/mol. The summed E-state index contributed by atoms with van der Waals surface area (Å²) in [4.78, 5) is 14.6. The topological polar surface area (TPSA) is 77.2 Å². The Morgan fingerprint density at radius 2 is 2.00 bits per heavy atom. The molecule has 1 N–H and O–H groups in total. The highest BCUT2D eigenvalue weighted by molar-refractivity contribution is 5.85. The van der Waals surface area contributed by atoms with E-state index in [1.54, 1.807) is 6.92 Å². The summed E-state index contributed by atoms with van der Waals surface area (Å²) in [6.45, 7) is 1.62. The van der Waals surface area contributed by atoms with Gasteiger partial charge in [0.2, 0.25) is 11.8 Å². The normalized spacial score (nSPS) is 11.5. The molecule has 0 radical (unpaired) electrons. The molecule has 9 heteroatoms. The third-order valence-electron chi connectivity index (χ3n) is 2.50. The van der Waals surface area contributed by atoms with Gasteiger partial charge in [-0.2, -0.15) is 18.3 Å². The molecule has 2 heterocycles. The van der Waals surface area contributed by atoms with Crippen LogP contribution in [0.2, 0.25) is 0 Å². The van der Waals surface area contributed by atoms with Gasteiger partial charge in [0.15, 0.2) is 11.4 Å². The summed E-state index contributed by atoms with van der Waals surface area (Å²) in [5.74, 6) is -1.58. The number of carboxylic acid groups (broad SMARTS) is 1. The highest BCUT2D eigenvalue weighted by Crippen LogP contribution is 2.31. The second-order valence-electron chi connectivity index (χ2n) is 4.26. The highest BCUT2D eigenvalue weighted by Gasteiger charge is 2.35. The minimum Gasteiger partial charge on any atom is -0.477 e. The molecule has 0 saturated heterocycles. The van der Waals surface area contributed by atoms with E-state index in [1.807, 2.05) is 0 Å². The molecule has 2 aromatic heterocycles. The van der Waals surface area contributed by atoms with E-state index >= 15 is 0 Å². The number of aromatic nitrogens is 3. The minimum absolute atomic E-state index is 0.121. The predicted molar refractivity (Wildman–Crippen MR) is 64.2 cm³/mol. The van der Waals surface area contributed by atoms with Gasteiger partial charge in [-0.3, -0.25) is 0 Å². The first-order valence-corrected chi connectivity index (χ1v) is 5.68. The van der Waals surface area contributed by atoms with Gasteiger partial charge in [-0.25, -0.2) is 14.5 Å². The van der Waals surface area contributed by atoms with E-state index in [4.69, 9.17) is 9.84 Å². The molecule has 0 fully saturated rings. The van der Waals surface area contributed by atoms with Crippen LogP contribution in [0.5, 0.6) is 11.8 Å². The van der Waals surface area contributed by atoms with Gasteiger partial charge in [-0.1, -0.05) is 0 Å². The fourth-order valence-corrected chi connectivity index (χ4v) is 1.59. The SMILES string of the molecule is Cc1cc(Oc2cc(C(F)(F)F)nn2C)nc(C(=O)O)c1. The van der Waals surface area contributed by atoms with Crippen LogP contribution in [0.3, 0.4) is 0 Å². The summed E-state index contributed by atoms with van der Waals surface area (Å²) in [5, 5.41) is 12.2. The Hall–Kier alpha value is -2.58. The number of hydrogen-bond donors (Lipinski definition) is 1. The average molecular weight is 301 g/mol. The molecule has 0 aliphatic heterocycles. The van der Waals surface area contributed by atoms with E-state index in [9.17, 15) is 18.0 Å². The molecule has 0 bridgehead atoms. The first-order valence-electron chi connectivity index (χ1n) is 5.68. The van der Waals surface area contributed by atoms with Crippen LogP contribution >= 0.6 is 0 Å². The molecule has 21 heavy (non-hydrogen) atoms. The average Bonchev–Trinajstić information content (AvgIpc) is 2.70. The molecule has 0 spiro atoms. The second-order valence-corrected chi connectivity index (χ2v) is 4.26. The maximum Gasteiger partial charge on any atom is 0.435 e. The van der Waals surface area contributed by atoms with Gasteiger partial charge in [-0.05, 0) is 18.6 Å². The molecule has 0 saturated carbocycles. The lowest BCUT2D eigenvalue weighted by atomic mass is 10.2. The van der Waals surface area contributed by atoms with Gasteiger partial charge in [0.05, 0.1) is 0 Å². The molecule has 2 aromatic rings. The van der Waals surface area contributed by atoms with Crippen molar-refractivity contribution in [3.63, 3.8) is 0 Å². The summed E-state index contributed by atoms with van der Waals surface area (Å²) in [5.41, 5.74) is -0.815. The molecule has 0 aliphatic rings. The van der Waals surface area contributed by atoms with Crippen molar-refractivity contribution in [2.75, 3.05) is 0 Å². The number of rotatable bonds is 3. The molecule has 0 aliphatic carbocycles. The Balaban J connectivity index is 2.34. The first kappa shape index (κ1) is 14.8. The van der Waals surface area contributed by atoms with Crippen molar-refractivity contribution >= 4 is 5.97 Å². The number of nitrogens with zero attached hydrogens (tertiary/aromatic N) is 3. The van der Waals surface area contributed by atoms with Crippen LogP contribution in [0.1, 0.15) is 21.7 Å². The fraction of sp³-hybridized carbons (Fsp3) is 0.250. The number of ether oxygens (including phenoxy) is 1. The van der Waals surface area contributed by atoms with Gasteiger partial charge in [-0.15, -0.1) is 0 Å². The van der Waals surface area contributed by atoms with Crippen molar-refractivity contribution in [2.45, 2.75) is 13.1 Å². The lowest BCUT2D eigenvalue weighted by Crippen LogP contribution is -2.06. The second kappa shape index (κ2) is 5.08. The number of carboxylic acids is 1. The third-order valence-corrected chi connectivity index (χ3v) is 2.50. The summed E-state index contributed by atoms with van der Waals surface area (Å²) in [6.07, 6.45) is -4.59. The smallest absolute Gasteiger partial charge is 0.435 e. The first-order chi connectivity index (χ1) is 9.66. The molecule has 2 rings (SSSR count). The standard InChI is InChI=1S/C12H10F3N3O3/c1-6-3-7(11(19)20)16-9(4-6)21-10-5-8(12(13,14)15)17-18(10)2/h3-5H,1-2H3,(H,19,20). The molecular weight excluding hydrogens is 291 g/mol. The van der Waals surface area contributed by atoms with Crippen LogP contribution < -0.4 is 4.74 Å². The van der Waals surface area contributed by atoms with Crippen molar-refractivity contribution in [3.8, 4) is 11.8 Å². The summed E-state index contributed by atoms with van der Waals surface area (Å²) in [6, 6.07) is 3.44. The predicted octanol–water partition coefficient (Wildman–Crippen LogP) is 2.63. The number of halogens is 3. The molecular formula is C12H10F3N3O3. The zero-order chi connectivity index (χ0) is 15.8. The number of carbonyl (C=O) groups is 1. The zero-order valence-corrected chi connectivity index (χ0v) is 11.0.